The lowest BCUT2D eigenvalue weighted by Crippen LogP contribution is -2.48. The molecule has 3 heterocycles. The number of para-hydroxylation sites is 2. The molecule has 1 aromatic carbocycles. The highest BCUT2D eigenvalue weighted by Crippen LogP contribution is 2.35. The van der Waals surface area contributed by atoms with Crippen molar-refractivity contribution < 1.29 is 28.2 Å². The van der Waals surface area contributed by atoms with Crippen LogP contribution in [0.15, 0.2) is 58.5 Å². The fraction of sp³-hybridized carbons (Fsp3) is 0.360. The van der Waals surface area contributed by atoms with Crippen LogP contribution in [0.2, 0.25) is 0 Å². The molecular formula is C25H28N2O6S. The van der Waals surface area contributed by atoms with Crippen LogP contribution in [0.25, 0.3) is 0 Å². The lowest BCUT2D eigenvalue weighted by molar-refractivity contribution is -0.135. The first kappa shape index (κ1) is 23.8. The maximum absolute atomic E-state index is 13.5. The third-order valence-electron chi connectivity index (χ3n) is 5.79. The number of ether oxygens (including phenoxy) is 3. The molecule has 4 rings (SSSR count). The minimum Gasteiger partial charge on any atom is -0.493 e. The molecule has 0 N–H and O–H groups in total. The van der Waals surface area contributed by atoms with Crippen LogP contribution in [0.3, 0.4) is 0 Å². The van der Waals surface area contributed by atoms with Crippen molar-refractivity contribution in [3.8, 4) is 11.5 Å². The smallest absolute Gasteiger partial charge is 0.290 e. The van der Waals surface area contributed by atoms with E-state index in [1.54, 1.807) is 42.6 Å². The summed E-state index contributed by atoms with van der Waals surface area (Å²) in [5.74, 6) is 0.955. The first-order chi connectivity index (χ1) is 16.6. The summed E-state index contributed by atoms with van der Waals surface area (Å²) in [6.07, 6.45) is 2.21. The maximum Gasteiger partial charge on any atom is 0.290 e. The van der Waals surface area contributed by atoms with Crippen molar-refractivity contribution in [3.05, 3.63) is 70.3 Å². The second-order valence-electron chi connectivity index (χ2n) is 7.81. The Labute approximate surface area is 202 Å². The standard InChI is InChI=1S/C25H28N2O6S/c1-30-14-12-26(25(29)22-8-5-13-32-22)16-24(28)27-11-9-23-18(10-15-34-23)19(27)17-33-21-7-4-3-6-20(21)31-2/h3-8,10,13,15,19H,9,11-12,14,16-17H2,1-2H3. The molecule has 0 saturated heterocycles. The van der Waals surface area contributed by atoms with E-state index in [1.807, 2.05) is 35.7 Å². The Balaban J connectivity index is 1.52. The number of nitrogens with zero attached hydrogens (tertiary/aromatic N) is 2. The van der Waals surface area contributed by atoms with E-state index >= 15 is 0 Å². The maximum atomic E-state index is 13.5. The van der Waals surface area contributed by atoms with Crippen LogP contribution in [0.5, 0.6) is 11.5 Å². The van der Waals surface area contributed by atoms with Gasteiger partial charge in [0.15, 0.2) is 17.3 Å². The van der Waals surface area contributed by atoms with Gasteiger partial charge in [-0.2, -0.15) is 0 Å². The van der Waals surface area contributed by atoms with Gasteiger partial charge in [0.1, 0.15) is 13.2 Å². The number of benzene rings is 1. The third kappa shape index (κ3) is 5.26. The van der Waals surface area contributed by atoms with Crippen LogP contribution < -0.4 is 9.47 Å². The second-order valence-corrected chi connectivity index (χ2v) is 8.81. The Hall–Kier alpha value is -3.30. The van der Waals surface area contributed by atoms with Crippen molar-refractivity contribution in [3.63, 3.8) is 0 Å². The van der Waals surface area contributed by atoms with Crippen molar-refractivity contribution >= 4 is 23.2 Å². The van der Waals surface area contributed by atoms with Gasteiger partial charge in [-0.3, -0.25) is 9.59 Å². The summed E-state index contributed by atoms with van der Waals surface area (Å²) in [5, 5.41) is 2.04. The summed E-state index contributed by atoms with van der Waals surface area (Å²) >= 11 is 1.69. The Morgan fingerprint density at radius 1 is 1.15 bits per heavy atom. The first-order valence-corrected chi connectivity index (χ1v) is 11.9. The van der Waals surface area contributed by atoms with E-state index in [0.717, 1.165) is 12.0 Å². The summed E-state index contributed by atoms with van der Waals surface area (Å²) in [4.78, 5) is 30.9. The molecule has 0 spiro atoms. The van der Waals surface area contributed by atoms with Crippen LogP contribution in [-0.2, 0) is 16.0 Å². The van der Waals surface area contributed by atoms with Crippen LogP contribution in [0.4, 0.5) is 0 Å². The predicted octanol–water partition coefficient (Wildman–Crippen LogP) is 3.64. The van der Waals surface area contributed by atoms with E-state index < -0.39 is 0 Å². The van der Waals surface area contributed by atoms with Crippen molar-refractivity contribution in [1.29, 1.82) is 0 Å². The average molecular weight is 485 g/mol. The zero-order chi connectivity index (χ0) is 23.9. The van der Waals surface area contributed by atoms with Crippen LogP contribution >= 0.6 is 11.3 Å². The van der Waals surface area contributed by atoms with E-state index in [2.05, 4.69) is 0 Å². The highest BCUT2D eigenvalue weighted by molar-refractivity contribution is 7.10. The Kier molecular flexibility index (Phi) is 7.87. The highest BCUT2D eigenvalue weighted by Gasteiger charge is 2.34. The number of rotatable bonds is 10. The monoisotopic (exact) mass is 484 g/mol. The number of furan rings is 1. The van der Waals surface area contributed by atoms with Crippen molar-refractivity contribution in [2.45, 2.75) is 12.5 Å². The molecule has 34 heavy (non-hydrogen) atoms. The molecule has 2 aromatic heterocycles. The molecule has 0 radical (unpaired) electrons. The van der Waals surface area contributed by atoms with E-state index in [1.165, 1.54) is 16.0 Å². The van der Waals surface area contributed by atoms with Crippen LogP contribution in [0.1, 0.15) is 27.0 Å². The van der Waals surface area contributed by atoms with Gasteiger partial charge in [0.2, 0.25) is 5.91 Å². The van der Waals surface area contributed by atoms with Crippen molar-refractivity contribution in [2.75, 3.05) is 47.1 Å². The number of carbonyl (C=O) groups excluding carboxylic acids is 2. The number of hydrogen-bond donors (Lipinski definition) is 0. The van der Waals surface area contributed by atoms with Crippen molar-refractivity contribution in [2.24, 2.45) is 0 Å². The molecule has 1 atom stereocenters. The number of thiophene rings is 1. The number of methoxy groups -OCH3 is 2. The van der Waals surface area contributed by atoms with E-state index in [-0.39, 0.29) is 43.3 Å². The molecule has 2 amide bonds. The summed E-state index contributed by atoms with van der Waals surface area (Å²) in [6.45, 7) is 1.35. The zero-order valence-corrected chi connectivity index (χ0v) is 20.1. The summed E-state index contributed by atoms with van der Waals surface area (Å²) in [5.41, 5.74) is 1.08. The van der Waals surface area contributed by atoms with Gasteiger partial charge in [0, 0.05) is 25.1 Å². The second kappa shape index (κ2) is 11.2. The Morgan fingerprint density at radius 3 is 2.71 bits per heavy atom. The number of fused-ring (bicyclic) bond motifs is 1. The van der Waals surface area contributed by atoms with Crippen LogP contribution in [0, 0.1) is 0 Å². The largest absolute Gasteiger partial charge is 0.493 e. The molecule has 1 aliphatic heterocycles. The number of carbonyl (C=O) groups is 2. The highest BCUT2D eigenvalue weighted by atomic mass is 32.1. The number of amides is 2. The van der Waals surface area contributed by atoms with Crippen molar-refractivity contribution in [1.82, 2.24) is 9.80 Å². The first-order valence-electron chi connectivity index (χ1n) is 11.1. The zero-order valence-electron chi connectivity index (χ0n) is 19.3. The van der Waals surface area contributed by atoms with Gasteiger partial charge in [0.05, 0.1) is 26.0 Å². The molecule has 1 unspecified atom stereocenters. The minimum atomic E-state index is -0.342. The molecule has 9 heteroatoms. The van der Waals surface area contributed by atoms with E-state index in [4.69, 9.17) is 18.6 Å². The summed E-state index contributed by atoms with van der Waals surface area (Å²) in [7, 11) is 3.16. The lowest BCUT2D eigenvalue weighted by atomic mass is 10.0. The van der Waals surface area contributed by atoms with E-state index in [9.17, 15) is 9.59 Å². The molecule has 3 aromatic rings. The fourth-order valence-electron chi connectivity index (χ4n) is 4.05. The molecule has 0 bridgehead atoms. The molecule has 0 aliphatic carbocycles. The molecule has 1 aliphatic rings. The van der Waals surface area contributed by atoms with E-state index in [0.29, 0.717) is 24.7 Å². The molecule has 0 fully saturated rings. The quantitative estimate of drug-likeness (QED) is 0.437. The predicted molar refractivity (Wildman–Crippen MR) is 127 cm³/mol. The Bertz CT molecular complexity index is 1100. The summed E-state index contributed by atoms with van der Waals surface area (Å²) < 4.78 is 21.9. The average Bonchev–Trinajstić information content (AvgIpc) is 3.57. The Morgan fingerprint density at radius 2 is 1.97 bits per heavy atom. The van der Waals surface area contributed by atoms with Gasteiger partial charge in [0.25, 0.3) is 5.91 Å². The van der Waals surface area contributed by atoms with Gasteiger partial charge >= 0.3 is 0 Å². The van der Waals surface area contributed by atoms with Gasteiger partial charge in [-0.05, 0) is 47.7 Å². The molecular weight excluding hydrogens is 456 g/mol. The minimum absolute atomic E-state index is 0.0759. The SMILES string of the molecule is COCCN(CC(=O)N1CCc2sccc2C1COc1ccccc1OC)C(=O)c1ccco1. The number of hydrogen-bond acceptors (Lipinski definition) is 7. The summed E-state index contributed by atoms with van der Waals surface area (Å²) in [6, 6.07) is 12.5. The fourth-order valence-corrected chi connectivity index (χ4v) is 4.97. The van der Waals surface area contributed by atoms with Gasteiger partial charge in [-0.1, -0.05) is 12.1 Å². The molecule has 0 saturated carbocycles. The molecule has 180 valence electrons. The lowest BCUT2D eigenvalue weighted by Gasteiger charge is -2.37. The third-order valence-corrected chi connectivity index (χ3v) is 6.79. The molecule has 8 nitrogen and oxygen atoms in total. The van der Waals surface area contributed by atoms with Gasteiger partial charge < -0.3 is 28.4 Å². The topological polar surface area (TPSA) is 81.5 Å². The normalized spacial score (nSPS) is 15.0. The van der Waals surface area contributed by atoms with Gasteiger partial charge in [-0.15, -0.1) is 11.3 Å². The van der Waals surface area contributed by atoms with Gasteiger partial charge in [-0.25, -0.2) is 0 Å². The van der Waals surface area contributed by atoms with Crippen LogP contribution in [-0.4, -0.2) is 68.7 Å².